The Bertz CT molecular complexity index is 1540. The van der Waals surface area contributed by atoms with Crippen LogP contribution in [0.4, 0.5) is 5.69 Å². The molecule has 0 fully saturated rings. The molecule has 2 aromatic carbocycles. The smallest absolute Gasteiger partial charge is 0.295 e. The largest absolute Gasteiger partial charge is 0.493 e. The first-order chi connectivity index (χ1) is 18.6. The van der Waals surface area contributed by atoms with E-state index in [1.807, 2.05) is 11.8 Å². The van der Waals surface area contributed by atoms with Gasteiger partial charge in [0.25, 0.3) is 26.8 Å². The normalized spacial score (nSPS) is 17.6. The van der Waals surface area contributed by atoms with Crippen molar-refractivity contribution in [3.8, 4) is 5.75 Å². The van der Waals surface area contributed by atoms with Gasteiger partial charge >= 0.3 is 0 Å². The number of hydrogen-bond donors (Lipinski definition) is 1. The molecule has 11 nitrogen and oxygen atoms in total. The maximum Gasteiger partial charge on any atom is 0.295 e. The van der Waals surface area contributed by atoms with E-state index in [1.165, 1.54) is 29.3 Å². The number of carbonyl (C=O) groups is 3. The summed E-state index contributed by atoms with van der Waals surface area (Å²) in [5.74, 6) is -0.908. The van der Waals surface area contributed by atoms with E-state index in [-0.39, 0.29) is 34.9 Å². The minimum atomic E-state index is -4.07. The van der Waals surface area contributed by atoms with Gasteiger partial charge in [0, 0.05) is 29.3 Å². The molecule has 2 aliphatic rings. The van der Waals surface area contributed by atoms with Crippen molar-refractivity contribution in [2.75, 3.05) is 24.6 Å². The first kappa shape index (κ1) is 26.7. The summed E-state index contributed by atoms with van der Waals surface area (Å²) >= 11 is 0. The summed E-state index contributed by atoms with van der Waals surface area (Å²) < 4.78 is 29.9. The van der Waals surface area contributed by atoms with E-state index >= 15 is 0 Å². The molecule has 39 heavy (non-hydrogen) atoms. The summed E-state index contributed by atoms with van der Waals surface area (Å²) in [5.41, 5.74) is 1.84. The Morgan fingerprint density at radius 1 is 1.10 bits per heavy atom. The zero-order chi connectivity index (χ0) is 27.9. The zero-order valence-corrected chi connectivity index (χ0v) is 22.7. The number of hydrogen-bond acceptors (Lipinski definition) is 8. The van der Waals surface area contributed by atoms with Gasteiger partial charge in [-0.25, -0.2) is 13.7 Å². The highest BCUT2D eigenvalue weighted by atomic mass is 35.7. The van der Waals surface area contributed by atoms with Gasteiger partial charge in [-0.1, -0.05) is 19.1 Å². The predicted molar refractivity (Wildman–Crippen MR) is 141 cm³/mol. The number of H-pyrrole nitrogens is 1. The van der Waals surface area contributed by atoms with E-state index < -0.39 is 21.1 Å². The van der Waals surface area contributed by atoms with Crippen LogP contribution in [0.3, 0.4) is 0 Å². The van der Waals surface area contributed by atoms with Gasteiger partial charge in [-0.3, -0.25) is 24.4 Å². The maximum absolute atomic E-state index is 12.9. The number of anilines is 1. The topological polar surface area (TPSA) is 144 Å². The van der Waals surface area contributed by atoms with Crippen LogP contribution in [0.15, 0.2) is 53.6 Å². The number of nitrogens with one attached hydrogen (secondary N) is 1. The fourth-order valence-corrected chi connectivity index (χ4v) is 5.64. The third kappa shape index (κ3) is 4.97. The van der Waals surface area contributed by atoms with Crippen LogP contribution < -0.4 is 15.0 Å². The SMILES string of the molecule is CCOc1ccc(S(=O)(=O)Cl)cc1C1[N]C(=O)c2[nH]ncc2N1CC(C)CCN1C(=O)c2ccccc2C1=O. The van der Waals surface area contributed by atoms with E-state index in [0.29, 0.717) is 47.7 Å². The van der Waals surface area contributed by atoms with Crippen molar-refractivity contribution >= 4 is 43.1 Å². The number of aromatic nitrogens is 2. The molecule has 2 unspecified atom stereocenters. The van der Waals surface area contributed by atoms with Gasteiger partial charge in [0.05, 0.1) is 34.5 Å². The molecule has 13 heteroatoms. The summed E-state index contributed by atoms with van der Waals surface area (Å²) in [4.78, 5) is 41.3. The van der Waals surface area contributed by atoms with E-state index in [9.17, 15) is 22.8 Å². The molecule has 3 aromatic rings. The van der Waals surface area contributed by atoms with Gasteiger partial charge in [-0.2, -0.15) is 5.10 Å². The van der Waals surface area contributed by atoms with Crippen LogP contribution in [0.1, 0.15) is 63.2 Å². The molecular formula is C26H25ClN5O6S. The van der Waals surface area contributed by atoms with Crippen LogP contribution in [0.5, 0.6) is 5.75 Å². The Morgan fingerprint density at radius 3 is 2.44 bits per heavy atom. The summed E-state index contributed by atoms with van der Waals surface area (Å²) in [5, 5.41) is 11.0. The van der Waals surface area contributed by atoms with Crippen LogP contribution in [0.25, 0.3) is 0 Å². The molecular weight excluding hydrogens is 546 g/mol. The Labute approximate surface area is 229 Å². The minimum absolute atomic E-state index is 0.0848. The Kier molecular flexibility index (Phi) is 7.08. The van der Waals surface area contributed by atoms with Crippen LogP contribution in [0.2, 0.25) is 0 Å². The molecule has 5 rings (SSSR count). The highest BCUT2D eigenvalue weighted by Gasteiger charge is 2.39. The molecule has 0 saturated carbocycles. The van der Waals surface area contributed by atoms with Crippen LogP contribution in [0, 0.1) is 5.92 Å². The first-order valence-electron chi connectivity index (χ1n) is 12.3. The summed E-state index contributed by atoms with van der Waals surface area (Å²) in [6.45, 7) is 4.60. The van der Waals surface area contributed by atoms with Crippen molar-refractivity contribution in [3.05, 3.63) is 71.0 Å². The van der Waals surface area contributed by atoms with Crippen molar-refractivity contribution in [1.29, 1.82) is 0 Å². The molecule has 1 radical (unpaired) electrons. The van der Waals surface area contributed by atoms with Gasteiger partial charge in [-0.05, 0) is 49.6 Å². The molecule has 1 aromatic heterocycles. The highest BCUT2D eigenvalue weighted by molar-refractivity contribution is 8.13. The number of halogens is 1. The number of fused-ring (bicyclic) bond motifs is 2. The highest BCUT2D eigenvalue weighted by Crippen LogP contribution is 2.39. The van der Waals surface area contributed by atoms with Gasteiger partial charge in [0.1, 0.15) is 11.4 Å². The van der Waals surface area contributed by atoms with E-state index in [0.717, 1.165) is 0 Å². The van der Waals surface area contributed by atoms with Crippen molar-refractivity contribution < 1.29 is 27.5 Å². The average Bonchev–Trinajstić information content (AvgIpc) is 3.49. The fourth-order valence-electron chi connectivity index (χ4n) is 4.85. The third-order valence-corrected chi connectivity index (χ3v) is 8.10. The summed E-state index contributed by atoms with van der Waals surface area (Å²) in [7, 11) is 1.55. The average molecular weight is 571 g/mol. The summed E-state index contributed by atoms with van der Waals surface area (Å²) in [6.07, 6.45) is 1.06. The number of rotatable bonds is 9. The first-order valence-corrected chi connectivity index (χ1v) is 14.6. The molecule has 203 valence electrons. The summed E-state index contributed by atoms with van der Waals surface area (Å²) in [6, 6.07) is 10.9. The molecule has 0 spiro atoms. The number of aromatic amines is 1. The molecule has 0 bridgehead atoms. The zero-order valence-electron chi connectivity index (χ0n) is 21.1. The quantitative estimate of drug-likeness (QED) is 0.305. The minimum Gasteiger partial charge on any atom is -0.493 e. The fraction of sp³-hybridized carbons (Fsp3) is 0.308. The number of nitrogens with zero attached hydrogens (tertiary/aromatic N) is 4. The van der Waals surface area contributed by atoms with Gasteiger partial charge < -0.3 is 9.64 Å². The van der Waals surface area contributed by atoms with E-state index in [1.54, 1.807) is 31.2 Å². The Balaban J connectivity index is 1.42. The lowest BCUT2D eigenvalue weighted by atomic mass is 10.0. The molecule has 2 atom stereocenters. The second-order valence-corrected chi connectivity index (χ2v) is 11.9. The second-order valence-electron chi connectivity index (χ2n) is 9.36. The Hall–Kier alpha value is -3.90. The van der Waals surface area contributed by atoms with Gasteiger partial charge in [0.2, 0.25) is 0 Å². The lowest BCUT2D eigenvalue weighted by Crippen LogP contribution is -2.45. The third-order valence-electron chi connectivity index (χ3n) is 6.75. The van der Waals surface area contributed by atoms with Crippen LogP contribution in [-0.2, 0) is 9.05 Å². The molecule has 0 aliphatic carbocycles. The standard InChI is InChI=1S/C26H25ClN5O6S/c1-3-38-21-9-8-16(39(27,36)37)12-19(21)23-29-24(33)22-20(13-28-30-22)32(23)14-15(2)10-11-31-25(34)17-6-4-5-7-18(17)26(31)35/h4-9,12-13,15,23H,3,10-11,14H2,1-2H3,(H,28,30). The molecule has 1 N–H and O–H groups in total. The number of ether oxygens (including phenoxy) is 1. The number of amides is 3. The van der Waals surface area contributed by atoms with Crippen molar-refractivity contribution in [2.24, 2.45) is 5.92 Å². The molecule has 3 heterocycles. The van der Waals surface area contributed by atoms with Crippen LogP contribution in [-0.4, -0.2) is 60.9 Å². The maximum atomic E-state index is 12.9. The molecule has 2 aliphatic heterocycles. The molecule has 3 amide bonds. The van der Waals surface area contributed by atoms with E-state index in [2.05, 4.69) is 15.5 Å². The Morgan fingerprint density at radius 2 is 1.79 bits per heavy atom. The lowest BCUT2D eigenvalue weighted by Gasteiger charge is -2.38. The van der Waals surface area contributed by atoms with Crippen molar-refractivity contribution in [2.45, 2.75) is 31.3 Å². The number of imide groups is 1. The van der Waals surface area contributed by atoms with Gasteiger partial charge in [-0.15, -0.1) is 0 Å². The molecule has 0 saturated heterocycles. The van der Waals surface area contributed by atoms with Crippen LogP contribution >= 0.6 is 10.7 Å². The second kappa shape index (κ2) is 10.3. The number of carbonyl (C=O) groups excluding carboxylic acids is 3. The van der Waals surface area contributed by atoms with Crippen molar-refractivity contribution in [3.63, 3.8) is 0 Å². The number of benzene rings is 2. The van der Waals surface area contributed by atoms with Crippen molar-refractivity contribution in [1.82, 2.24) is 20.4 Å². The van der Waals surface area contributed by atoms with E-state index in [4.69, 9.17) is 15.4 Å². The lowest BCUT2D eigenvalue weighted by molar-refractivity contribution is 0.0645. The monoisotopic (exact) mass is 570 g/mol. The predicted octanol–water partition coefficient (Wildman–Crippen LogP) is 3.32. The van der Waals surface area contributed by atoms with Gasteiger partial charge in [0.15, 0.2) is 6.17 Å².